The second-order valence-corrected chi connectivity index (χ2v) is 6.54. The van der Waals surface area contributed by atoms with Crippen molar-refractivity contribution in [3.63, 3.8) is 0 Å². The summed E-state index contributed by atoms with van der Waals surface area (Å²) >= 11 is 0. The van der Waals surface area contributed by atoms with Crippen molar-refractivity contribution in [2.75, 3.05) is 26.2 Å². The maximum atomic E-state index is 3.66. The van der Waals surface area contributed by atoms with Crippen LogP contribution in [0.1, 0.15) is 49.4 Å². The van der Waals surface area contributed by atoms with E-state index in [1.165, 1.54) is 49.2 Å². The highest BCUT2D eigenvalue weighted by Crippen LogP contribution is 2.17. The number of hydrogen-bond acceptors (Lipinski definition) is 2. The lowest BCUT2D eigenvalue weighted by molar-refractivity contribution is 0.191. The molecule has 1 heterocycles. The Kier molecular flexibility index (Phi) is 5.62. The van der Waals surface area contributed by atoms with E-state index in [9.17, 15) is 0 Å². The minimum absolute atomic E-state index is 0.443. The normalized spacial score (nSPS) is 19.2. The second kappa shape index (κ2) is 7.24. The summed E-state index contributed by atoms with van der Waals surface area (Å²) in [6, 6.07) is 7.24. The molecule has 1 atom stereocenters. The molecule has 1 N–H and O–H groups in total. The summed E-state index contributed by atoms with van der Waals surface area (Å²) in [6.07, 6.45) is 2.74. The van der Waals surface area contributed by atoms with Gasteiger partial charge in [-0.05, 0) is 69.3 Å². The average molecular weight is 274 g/mol. The van der Waals surface area contributed by atoms with Crippen LogP contribution in [0.4, 0.5) is 0 Å². The smallest absolute Gasteiger partial charge is 0.0292 e. The van der Waals surface area contributed by atoms with E-state index in [-0.39, 0.29) is 0 Å². The molecular formula is C18H30N2. The van der Waals surface area contributed by atoms with Crippen LogP contribution in [0, 0.1) is 19.8 Å². The Morgan fingerprint density at radius 2 is 1.90 bits per heavy atom. The van der Waals surface area contributed by atoms with Gasteiger partial charge in [0.05, 0.1) is 0 Å². The van der Waals surface area contributed by atoms with E-state index in [4.69, 9.17) is 0 Å². The van der Waals surface area contributed by atoms with Crippen molar-refractivity contribution in [1.82, 2.24) is 10.2 Å². The predicted octanol–water partition coefficient (Wildman–Crippen LogP) is 3.69. The molecule has 112 valence electrons. The quantitative estimate of drug-likeness (QED) is 0.881. The molecule has 0 aliphatic carbocycles. The first kappa shape index (κ1) is 15.5. The van der Waals surface area contributed by atoms with Gasteiger partial charge in [0.2, 0.25) is 0 Å². The van der Waals surface area contributed by atoms with Crippen molar-refractivity contribution < 1.29 is 0 Å². The first-order valence-corrected chi connectivity index (χ1v) is 8.09. The third kappa shape index (κ3) is 4.32. The number of aryl methyl sites for hydroxylation is 2. The summed E-state index contributed by atoms with van der Waals surface area (Å²) in [7, 11) is 0. The average Bonchev–Trinajstić information content (AvgIpc) is 2.44. The zero-order chi connectivity index (χ0) is 14.5. The van der Waals surface area contributed by atoms with Crippen LogP contribution in [0.5, 0.6) is 0 Å². The fourth-order valence-electron chi connectivity index (χ4n) is 2.88. The van der Waals surface area contributed by atoms with Crippen molar-refractivity contribution in [1.29, 1.82) is 0 Å². The van der Waals surface area contributed by atoms with Gasteiger partial charge in [-0.15, -0.1) is 0 Å². The number of likely N-dealkylation sites (tertiary alicyclic amines) is 1. The monoisotopic (exact) mass is 274 g/mol. The number of hydrogen-bond donors (Lipinski definition) is 1. The van der Waals surface area contributed by atoms with Crippen LogP contribution in [0.15, 0.2) is 18.2 Å². The fourth-order valence-corrected chi connectivity index (χ4v) is 2.88. The molecule has 1 aliphatic rings. The van der Waals surface area contributed by atoms with Crippen LogP contribution in [-0.2, 0) is 0 Å². The molecule has 1 aromatic rings. The van der Waals surface area contributed by atoms with Gasteiger partial charge >= 0.3 is 0 Å². The van der Waals surface area contributed by atoms with E-state index in [0.29, 0.717) is 6.04 Å². The van der Waals surface area contributed by atoms with E-state index in [1.54, 1.807) is 0 Å². The molecule has 1 fully saturated rings. The van der Waals surface area contributed by atoms with Gasteiger partial charge in [-0.3, -0.25) is 0 Å². The standard InChI is InChI=1S/C18H30N2/c1-14-7-10-20(11-8-14)12-9-19-17(4)18-6-5-15(2)16(3)13-18/h5-6,13-14,17,19H,7-12H2,1-4H3. The van der Waals surface area contributed by atoms with Crippen LogP contribution in [0.25, 0.3) is 0 Å². The van der Waals surface area contributed by atoms with Crippen LogP contribution in [-0.4, -0.2) is 31.1 Å². The minimum Gasteiger partial charge on any atom is -0.309 e. The highest BCUT2D eigenvalue weighted by molar-refractivity contribution is 5.31. The molecule has 1 aliphatic heterocycles. The number of rotatable bonds is 5. The summed E-state index contributed by atoms with van der Waals surface area (Å²) in [6.45, 7) is 13.8. The molecule has 2 heteroatoms. The van der Waals surface area contributed by atoms with Crippen LogP contribution >= 0.6 is 0 Å². The fraction of sp³-hybridized carbons (Fsp3) is 0.667. The molecule has 2 rings (SSSR count). The van der Waals surface area contributed by atoms with Gasteiger partial charge in [0.1, 0.15) is 0 Å². The number of benzene rings is 1. The van der Waals surface area contributed by atoms with Gasteiger partial charge in [-0.2, -0.15) is 0 Å². The maximum Gasteiger partial charge on any atom is 0.0292 e. The first-order valence-electron chi connectivity index (χ1n) is 8.09. The van der Waals surface area contributed by atoms with Crippen LogP contribution in [0.2, 0.25) is 0 Å². The van der Waals surface area contributed by atoms with Crippen molar-refractivity contribution in [3.8, 4) is 0 Å². The Labute approximate surface area is 124 Å². The molecule has 0 spiro atoms. The molecule has 0 bridgehead atoms. The molecule has 2 nitrogen and oxygen atoms in total. The van der Waals surface area contributed by atoms with E-state index >= 15 is 0 Å². The third-order valence-corrected chi connectivity index (χ3v) is 4.79. The molecule has 0 amide bonds. The van der Waals surface area contributed by atoms with E-state index in [2.05, 4.69) is 56.1 Å². The maximum absolute atomic E-state index is 3.66. The molecule has 0 radical (unpaired) electrons. The summed E-state index contributed by atoms with van der Waals surface area (Å²) in [4.78, 5) is 2.60. The van der Waals surface area contributed by atoms with Crippen LogP contribution < -0.4 is 5.32 Å². The van der Waals surface area contributed by atoms with Crippen molar-refractivity contribution >= 4 is 0 Å². The number of piperidine rings is 1. The van der Waals surface area contributed by atoms with Gasteiger partial charge < -0.3 is 10.2 Å². The van der Waals surface area contributed by atoms with Gasteiger partial charge in [0.25, 0.3) is 0 Å². The summed E-state index contributed by atoms with van der Waals surface area (Å²) < 4.78 is 0. The molecule has 0 saturated carbocycles. The minimum atomic E-state index is 0.443. The summed E-state index contributed by atoms with van der Waals surface area (Å²) in [5, 5.41) is 3.66. The SMILES string of the molecule is Cc1ccc(C(C)NCCN2CCC(C)CC2)cc1C. The first-order chi connectivity index (χ1) is 9.56. The van der Waals surface area contributed by atoms with Gasteiger partial charge in [0, 0.05) is 19.1 Å². The lowest BCUT2D eigenvalue weighted by Gasteiger charge is -2.30. The third-order valence-electron chi connectivity index (χ3n) is 4.79. The van der Waals surface area contributed by atoms with Gasteiger partial charge in [0.15, 0.2) is 0 Å². The van der Waals surface area contributed by atoms with Gasteiger partial charge in [-0.1, -0.05) is 25.1 Å². The summed E-state index contributed by atoms with van der Waals surface area (Å²) in [5.74, 6) is 0.925. The number of nitrogens with zero attached hydrogens (tertiary/aromatic N) is 1. The zero-order valence-corrected chi connectivity index (χ0v) is 13.6. The molecule has 1 aromatic carbocycles. The Bertz CT molecular complexity index is 419. The topological polar surface area (TPSA) is 15.3 Å². The summed E-state index contributed by atoms with van der Waals surface area (Å²) in [5.41, 5.74) is 4.17. The second-order valence-electron chi connectivity index (χ2n) is 6.54. The van der Waals surface area contributed by atoms with Crippen LogP contribution in [0.3, 0.4) is 0 Å². The van der Waals surface area contributed by atoms with Gasteiger partial charge in [-0.25, -0.2) is 0 Å². The van der Waals surface area contributed by atoms with Crippen molar-refractivity contribution in [3.05, 3.63) is 34.9 Å². The highest BCUT2D eigenvalue weighted by Gasteiger charge is 2.15. The van der Waals surface area contributed by atoms with Crippen molar-refractivity contribution in [2.45, 2.75) is 46.6 Å². The lowest BCUT2D eigenvalue weighted by Crippen LogP contribution is -2.38. The van der Waals surface area contributed by atoms with E-state index < -0.39 is 0 Å². The Hall–Kier alpha value is -0.860. The highest BCUT2D eigenvalue weighted by atomic mass is 15.1. The number of nitrogens with one attached hydrogen (secondary N) is 1. The largest absolute Gasteiger partial charge is 0.309 e. The van der Waals surface area contributed by atoms with Crippen molar-refractivity contribution in [2.24, 2.45) is 5.92 Å². The van der Waals surface area contributed by atoms with E-state index in [1.807, 2.05) is 0 Å². The molecule has 0 aromatic heterocycles. The predicted molar refractivity (Wildman–Crippen MR) is 87.2 cm³/mol. The molecule has 20 heavy (non-hydrogen) atoms. The Balaban J connectivity index is 1.74. The lowest BCUT2D eigenvalue weighted by atomic mass is 9.99. The molecule has 1 unspecified atom stereocenters. The molecular weight excluding hydrogens is 244 g/mol. The molecule has 1 saturated heterocycles. The Morgan fingerprint density at radius 3 is 2.55 bits per heavy atom. The van der Waals surface area contributed by atoms with E-state index in [0.717, 1.165) is 12.5 Å². The Morgan fingerprint density at radius 1 is 1.20 bits per heavy atom. The zero-order valence-electron chi connectivity index (χ0n) is 13.6.